The molecule has 0 unspecified atom stereocenters. The summed E-state index contributed by atoms with van der Waals surface area (Å²) < 4.78 is 5.63. The Hall–Kier alpha value is -2.95. The first-order valence-corrected chi connectivity index (χ1v) is 7.04. The van der Waals surface area contributed by atoms with Crippen molar-refractivity contribution in [2.24, 2.45) is 0 Å². The van der Waals surface area contributed by atoms with Crippen LogP contribution in [0.4, 0.5) is 0 Å². The number of nitrogens with zero attached hydrogens (tertiary/aromatic N) is 2. The van der Waals surface area contributed by atoms with Crippen LogP contribution in [-0.2, 0) is 11.2 Å². The number of hydrogen-bond donors (Lipinski definition) is 1. The van der Waals surface area contributed by atoms with Gasteiger partial charge in [0, 0.05) is 18.2 Å². The van der Waals surface area contributed by atoms with Crippen molar-refractivity contribution in [3.05, 3.63) is 72.6 Å². The number of carboxylic acids is 1. The molecule has 0 amide bonds. The van der Waals surface area contributed by atoms with E-state index in [1.807, 2.05) is 36.4 Å². The summed E-state index contributed by atoms with van der Waals surface area (Å²) in [4.78, 5) is 9.60. The van der Waals surface area contributed by atoms with Gasteiger partial charge >= 0.3 is 5.97 Å². The molecular weight excluding hydrogens is 292 g/mol. The second-order valence-electron chi connectivity index (χ2n) is 4.64. The predicted octanol–water partition coefficient (Wildman–Crippen LogP) is 3.39. The monoisotopic (exact) mass is 312 g/mol. The number of hydrogen-bond acceptors (Lipinski definition) is 4. The first kappa shape index (κ1) is 18.1. The number of carbonyl (C=O) groups is 1. The van der Waals surface area contributed by atoms with Crippen LogP contribution < -0.4 is 4.74 Å². The van der Waals surface area contributed by atoms with E-state index in [4.69, 9.17) is 9.84 Å². The lowest BCUT2D eigenvalue weighted by molar-refractivity contribution is -0.132. The van der Waals surface area contributed by atoms with E-state index in [2.05, 4.69) is 23.4 Å². The van der Waals surface area contributed by atoms with Gasteiger partial charge in [-0.1, -0.05) is 31.4 Å². The number of aliphatic carboxylic acids is 1. The largest absolute Gasteiger partial charge is 0.493 e. The average molecular weight is 312 g/mol. The van der Waals surface area contributed by atoms with Gasteiger partial charge in [0.1, 0.15) is 5.75 Å². The minimum atomic E-state index is -0.935. The van der Waals surface area contributed by atoms with Crippen molar-refractivity contribution in [3.8, 4) is 5.75 Å². The Balaban J connectivity index is 0.000000379. The highest BCUT2D eigenvalue weighted by molar-refractivity contribution is 5.84. The number of aromatic nitrogens is 2. The van der Waals surface area contributed by atoms with Crippen LogP contribution in [-0.4, -0.2) is 27.9 Å². The summed E-state index contributed by atoms with van der Waals surface area (Å²) in [6, 6.07) is 11.7. The van der Waals surface area contributed by atoms with Crippen molar-refractivity contribution in [1.82, 2.24) is 10.2 Å². The molecule has 0 bridgehead atoms. The smallest absolute Gasteiger partial charge is 0.330 e. The van der Waals surface area contributed by atoms with Crippen molar-refractivity contribution in [2.75, 3.05) is 6.61 Å². The van der Waals surface area contributed by atoms with E-state index in [1.54, 1.807) is 12.3 Å². The Kier molecular flexibility index (Phi) is 7.78. The molecule has 5 nitrogen and oxygen atoms in total. The summed E-state index contributed by atoms with van der Waals surface area (Å²) in [6.45, 7) is 8.94. The topological polar surface area (TPSA) is 72.3 Å². The van der Waals surface area contributed by atoms with Crippen LogP contribution >= 0.6 is 0 Å². The Morgan fingerprint density at radius 3 is 2.52 bits per heavy atom. The van der Waals surface area contributed by atoms with Gasteiger partial charge in [-0.3, -0.25) is 0 Å². The lowest BCUT2D eigenvalue weighted by Crippen LogP contribution is -2.04. The molecule has 1 N–H and O–H groups in total. The lowest BCUT2D eigenvalue weighted by atomic mass is 10.1. The van der Waals surface area contributed by atoms with Crippen LogP contribution in [0.15, 0.2) is 61.3 Å². The highest BCUT2D eigenvalue weighted by Gasteiger charge is 2.01. The summed E-state index contributed by atoms with van der Waals surface area (Å²) in [5, 5.41) is 15.7. The third-order valence-electron chi connectivity index (χ3n) is 2.78. The Bertz CT molecular complexity index is 642. The first-order valence-electron chi connectivity index (χ1n) is 7.04. The Labute approximate surface area is 136 Å². The molecule has 0 fully saturated rings. The van der Waals surface area contributed by atoms with Crippen LogP contribution in [0.25, 0.3) is 6.08 Å². The molecule has 0 atom stereocenters. The molecule has 0 aliphatic rings. The summed E-state index contributed by atoms with van der Waals surface area (Å²) in [5.74, 6) is -0.0512. The van der Waals surface area contributed by atoms with E-state index < -0.39 is 5.97 Å². The molecule has 1 aromatic heterocycles. The number of carboxylic acid groups (broad SMARTS) is 1. The minimum Gasteiger partial charge on any atom is -0.493 e. The summed E-state index contributed by atoms with van der Waals surface area (Å²) in [6.07, 6.45) is 4.20. The van der Waals surface area contributed by atoms with Crippen LogP contribution in [0.1, 0.15) is 18.2 Å². The molecule has 0 radical (unpaired) electrons. The van der Waals surface area contributed by atoms with Crippen molar-refractivity contribution in [3.63, 3.8) is 0 Å². The van der Waals surface area contributed by atoms with E-state index >= 15 is 0 Å². The fourth-order valence-electron chi connectivity index (χ4n) is 1.55. The van der Waals surface area contributed by atoms with E-state index in [1.165, 1.54) is 6.92 Å². The normalized spacial score (nSPS) is 9.26. The van der Waals surface area contributed by atoms with Crippen molar-refractivity contribution in [1.29, 1.82) is 0 Å². The highest BCUT2D eigenvalue weighted by Crippen LogP contribution is 2.10. The fourth-order valence-corrected chi connectivity index (χ4v) is 1.55. The number of ether oxygens (including phenoxy) is 1. The van der Waals surface area contributed by atoms with Crippen molar-refractivity contribution >= 4 is 12.0 Å². The van der Waals surface area contributed by atoms with Crippen LogP contribution in [0.3, 0.4) is 0 Å². The highest BCUT2D eigenvalue weighted by atomic mass is 16.5. The third-order valence-corrected chi connectivity index (χ3v) is 2.78. The van der Waals surface area contributed by atoms with Crippen molar-refractivity contribution in [2.45, 2.75) is 13.3 Å². The van der Waals surface area contributed by atoms with Gasteiger partial charge in [0.25, 0.3) is 0 Å². The molecule has 2 rings (SSSR count). The number of rotatable bonds is 6. The quantitative estimate of drug-likeness (QED) is 0.828. The maximum absolute atomic E-state index is 9.60. The van der Waals surface area contributed by atoms with E-state index in [-0.39, 0.29) is 5.57 Å². The average Bonchev–Trinajstić information content (AvgIpc) is 2.57. The maximum atomic E-state index is 9.60. The van der Waals surface area contributed by atoms with Crippen LogP contribution in [0.2, 0.25) is 0 Å². The van der Waals surface area contributed by atoms with Gasteiger partial charge in [-0.05, 0) is 36.8 Å². The standard InChI is InChI=1S/C14H14N2O.C4H6O2/c1-2-14-12(8-10-15-16-14)9-11-17-13-6-4-3-5-7-13;1-3(2)4(5)6/h2-8,10H,1,9,11H2;1H2,2H3,(H,5,6). The van der Waals surface area contributed by atoms with Gasteiger partial charge in [0.15, 0.2) is 0 Å². The van der Waals surface area contributed by atoms with Gasteiger partial charge in [-0.15, -0.1) is 0 Å². The zero-order valence-corrected chi connectivity index (χ0v) is 13.1. The molecular formula is C18H20N2O3. The van der Waals surface area contributed by atoms with E-state index in [0.29, 0.717) is 6.61 Å². The number of benzene rings is 1. The third kappa shape index (κ3) is 7.04. The second-order valence-corrected chi connectivity index (χ2v) is 4.64. The lowest BCUT2D eigenvalue weighted by Gasteiger charge is -2.07. The molecule has 0 aliphatic heterocycles. The van der Waals surface area contributed by atoms with Gasteiger partial charge in [0.2, 0.25) is 0 Å². The van der Waals surface area contributed by atoms with E-state index in [9.17, 15) is 4.79 Å². The van der Waals surface area contributed by atoms with Gasteiger partial charge < -0.3 is 9.84 Å². The van der Waals surface area contributed by atoms with Crippen molar-refractivity contribution < 1.29 is 14.6 Å². The second kappa shape index (κ2) is 9.89. The maximum Gasteiger partial charge on any atom is 0.330 e. The van der Waals surface area contributed by atoms with Gasteiger partial charge in [-0.25, -0.2) is 4.79 Å². The van der Waals surface area contributed by atoms with E-state index in [0.717, 1.165) is 23.4 Å². The van der Waals surface area contributed by atoms with Gasteiger partial charge in [0.05, 0.1) is 12.3 Å². The Morgan fingerprint density at radius 1 is 1.30 bits per heavy atom. The molecule has 0 saturated heterocycles. The SMILES string of the molecule is C=C(C)C(=O)O.C=Cc1nnccc1CCOc1ccccc1. The predicted molar refractivity (Wildman–Crippen MR) is 90.2 cm³/mol. The molecule has 1 heterocycles. The molecule has 0 aliphatic carbocycles. The minimum absolute atomic E-state index is 0.176. The fraction of sp³-hybridized carbons (Fsp3) is 0.167. The number of para-hydroxylation sites is 1. The molecule has 2 aromatic rings. The summed E-state index contributed by atoms with van der Waals surface area (Å²) in [7, 11) is 0. The molecule has 120 valence electrons. The zero-order valence-electron chi connectivity index (χ0n) is 13.1. The van der Waals surface area contributed by atoms with Gasteiger partial charge in [-0.2, -0.15) is 10.2 Å². The molecule has 23 heavy (non-hydrogen) atoms. The summed E-state index contributed by atoms with van der Waals surface area (Å²) in [5.41, 5.74) is 2.10. The van der Waals surface area contributed by atoms with Crippen LogP contribution in [0, 0.1) is 0 Å². The molecule has 5 heteroatoms. The molecule has 0 spiro atoms. The first-order chi connectivity index (χ1) is 11.0. The van der Waals surface area contributed by atoms with Crippen LogP contribution in [0.5, 0.6) is 5.75 Å². The summed E-state index contributed by atoms with van der Waals surface area (Å²) >= 11 is 0. The Morgan fingerprint density at radius 2 is 1.96 bits per heavy atom. The zero-order chi connectivity index (χ0) is 17.1. The molecule has 0 saturated carbocycles. The molecule has 1 aromatic carbocycles.